The summed E-state index contributed by atoms with van der Waals surface area (Å²) >= 11 is 0. The highest BCUT2D eigenvalue weighted by Crippen LogP contribution is 2.34. The second-order valence-electron chi connectivity index (χ2n) is 4.65. The third-order valence-electron chi connectivity index (χ3n) is 3.44. The molecular weight excluding hydrogens is 232 g/mol. The lowest BCUT2D eigenvalue weighted by atomic mass is 9.96. The van der Waals surface area contributed by atoms with Gasteiger partial charge < -0.3 is 14.1 Å². The maximum Gasteiger partial charge on any atom is 0.356 e. The van der Waals surface area contributed by atoms with Crippen molar-refractivity contribution in [1.29, 1.82) is 0 Å². The fraction of sp³-hybridized carbons (Fsp3) is 0.385. The number of furan rings is 1. The van der Waals surface area contributed by atoms with Crippen LogP contribution in [0, 0.1) is 0 Å². The Labute approximate surface area is 104 Å². The number of imidazole rings is 1. The van der Waals surface area contributed by atoms with E-state index in [1.54, 1.807) is 18.4 Å². The lowest BCUT2D eigenvalue weighted by Crippen LogP contribution is -2.16. The zero-order chi connectivity index (χ0) is 12.7. The molecule has 0 spiro atoms. The number of hydrogen-bond donors (Lipinski definition) is 1. The summed E-state index contributed by atoms with van der Waals surface area (Å²) in [5.74, 6) is 0.503. The summed E-state index contributed by atoms with van der Waals surface area (Å²) in [6, 6.07) is 3.59. The van der Waals surface area contributed by atoms with Gasteiger partial charge in [-0.3, -0.25) is 0 Å². The molecule has 2 aromatic rings. The first-order valence-corrected chi connectivity index (χ1v) is 6.06. The molecule has 1 aliphatic rings. The molecule has 0 aromatic carbocycles. The molecule has 3 heterocycles. The van der Waals surface area contributed by atoms with Gasteiger partial charge in [0.25, 0.3) is 0 Å². The summed E-state index contributed by atoms with van der Waals surface area (Å²) in [4.78, 5) is 15.5. The average molecular weight is 246 g/mol. The number of fused-ring (bicyclic) bond motifs is 1. The zero-order valence-corrected chi connectivity index (χ0v) is 10.1. The van der Waals surface area contributed by atoms with Gasteiger partial charge in [0.05, 0.1) is 12.0 Å². The minimum Gasteiger partial charge on any atom is -0.476 e. The van der Waals surface area contributed by atoms with Crippen molar-refractivity contribution in [1.82, 2.24) is 9.55 Å². The first-order chi connectivity index (χ1) is 8.68. The monoisotopic (exact) mass is 246 g/mol. The molecule has 1 atom stereocenters. The summed E-state index contributed by atoms with van der Waals surface area (Å²) in [5, 5.41) is 9.26. The van der Waals surface area contributed by atoms with E-state index in [0.717, 1.165) is 25.1 Å². The van der Waals surface area contributed by atoms with Gasteiger partial charge in [-0.15, -0.1) is 0 Å². The molecule has 1 N–H and O–H groups in total. The molecule has 0 radical (unpaired) electrons. The van der Waals surface area contributed by atoms with E-state index < -0.39 is 5.97 Å². The highest BCUT2D eigenvalue weighted by Gasteiger charge is 2.29. The van der Waals surface area contributed by atoms with E-state index in [0.29, 0.717) is 11.6 Å². The molecule has 5 nitrogen and oxygen atoms in total. The Kier molecular flexibility index (Phi) is 2.47. The van der Waals surface area contributed by atoms with Gasteiger partial charge in [0.15, 0.2) is 17.3 Å². The Morgan fingerprint density at radius 1 is 1.61 bits per heavy atom. The van der Waals surface area contributed by atoms with E-state index in [9.17, 15) is 9.90 Å². The Morgan fingerprint density at radius 2 is 2.44 bits per heavy atom. The van der Waals surface area contributed by atoms with Crippen molar-refractivity contribution in [3.8, 4) is 11.6 Å². The van der Waals surface area contributed by atoms with Crippen LogP contribution in [-0.4, -0.2) is 20.6 Å². The number of carbonyl (C=O) groups is 1. The van der Waals surface area contributed by atoms with Crippen molar-refractivity contribution in [2.24, 2.45) is 0 Å². The minimum atomic E-state index is -0.967. The second kappa shape index (κ2) is 4.01. The van der Waals surface area contributed by atoms with Gasteiger partial charge in [0.2, 0.25) is 0 Å². The predicted molar refractivity (Wildman–Crippen MR) is 64.5 cm³/mol. The SMILES string of the molecule is CC1CCCn2c(-c3ccco3)nc(C(=O)O)c21. The van der Waals surface area contributed by atoms with Crippen LogP contribution in [0.25, 0.3) is 11.6 Å². The minimum absolute atomic E-state index is 0.161. The molecule has 5 heteroatoms. The number of nitrogens with zero attached hydrogens (tertiary/aromatic N) is 2. The number of aromatic carboxylic acids is 1. The summed E-state index contributed by atoms with van der Waals surface area (Å²) < 4.78 is 7.32. The van der Waals surface area contributed by atoms with Gasteiger partial charge in [-0.2, -0.15) is 0 Å². The maximum atomic E-state index is 11.3. The number of carboxylic acids is 1. The second-order valence-corrected chi connectivity index (χ2v) is 4.65. The summed E-state index contributed by atoms with van der Waals surface area (Å²) in [5.41, 5.74) is 0.980. The van der Waals surface area contributed by atoms with Crippen LogP contribution in [0.15, 0.2) is 22.8 Å². The Bertz CT molecular complexity index is 584. The van der Waals surface area contributed by atoms with E-state index >= 15 is 0 Å². The van der Waals surface area contributed by atoms with E-state index in [4.69, 9.17) is 4.42 Å². The number of hydrogen-bond acceptors (Lipinski definition) is 3. The zero-order valence-electron chi connectivity index (χ0n) is 10.1. The molecule has 0 amide bonds. The van der Waals surface area contributed by atoms with E-state index in [-0.39, 0.29) is 11.6 Å². The summed E-state index contributed by atoms with van der Waals surface area (Å²) in [6.45, 7) is 2.85. The van der Waals surface area contributed by atoms with Gasteiger partial charge in [0, 0.05) is 6.54 Å². The van der Waals surface area contributed by atoms with E-state index in [2.05, 4.69) is 4.98 Å². The molecule has 94 valence electrons. The molecular formula is C13H14N2O3. The largest absolute Gasteiger partial charge is 0.476 e. The van der Waals surface area contributed by atoms with Gasteiger partial charge in [-0.05, 0) is 30.9 Å². The molecule has 0 fully saturated rings. The number of aromatic nitrogens is 2. The average Bonchev–Trinajstić information content (AvgIpc) is 2.95. The topological polar surface area (TPSA) is 68.3 Å². The summed E-state index contributed by atoms with van der Waals surface area (Å²) in [6.07, 6.45) is 3.62. The van der Waals surface area contributed by atoms with Gasteiger partial charge >= 0.3 is 5.97 Å². The lowest BCUT2D eigenvalue weighted by molar-refractivity contribution is 0.0688. The van der Waals surface area contributed by atoms with Crippen LogP contribution in [0.2, 0.25) is 0 Å². The van der Waals surface area contributed by atoms with Crippen LogP contribution in [0.5, 0.6) is 0 Å². The van der Waals surface area contributed by atoms with Crippen molar-refractivity contribution in [2.45, 2.75) is 32.2 Å². The van der Waals surface area contributed by atoms with Crippen LogP contribution in [0.4, 0.5) is 0 Å². The molecule has 3 rings (SSSR count). The molecule has 0 bridgehead atoms. The quantitative estimate of drug-likeness (QED) is 0.884. The molecule has 0 aliphatic carbocycles. The fourth-order valence-corrected chi connectivity index (χ4v) is 2.63. The first-order valence-electron chi connectivity index (χ1n) is 6.06. The Balaban J connectivity index is 2.22. The Hall–Kier alpha value is -2.04. The van der Waals surface area contributed by atoms with Crippen molar-refractivity contribution in [3.05, 3.63) is 29.8 Å². The van der Waals surface area contributed by atoms with Crippen molar-refractivity contribution >= 4 is 5.97 Å². The molecule has 1 unspecified atom stereocenters. The number of carboxylic acid groups (broad SMARTS) is 1. The third kappa shape index (κ3) is 1.54. The van der Waals surface area contributed by atoms with E-state index in [1.807, 2.05) is 11.5 Å². The van der Waals surface area contributed by atoms with Crippen molar-refractivity contribution in [2.75, 3.05) is 0 Å². The highest BCUT2D eigenvalue weighted by atomic mass is 16.4. The standard InChI is InChI=1S/C13H14N2O3/c1-8-4-2-6-15-11(8)10(13(16)17)14-12(15)9-5-3-7-18-9/h3,5,7-8H,2,4,6H2,1H3,(H,16,17). The fourth-order valence-electron chi connectivity index (χ4n) is 2.63. The van der Waals surface area contributed by atoms with Crippen LogP contribution in [-0.2, 0) is 6.54 Å². The van der Waals surface area contributed by atoms with Gasteiger partial charge in [-0.1, -0.05) is 6.92 Å². The molecule has 0 saturated carbocycles. The molecule has 18 heavy (non-hydrogen) atoms. The highest BCUT2D eigenvalue weighted by molar-refractivity contribution is 5.88. The molecule has 2 aromatic heterocycles. The van der Waals surface area contributed by atoms with Crippen LogP contribution in [0.1, 0.15) is 41.9 Å². The first kappa shape index (κ1) is 11.1. The lowest BCUT2D eigenvalue weighted by Gasteiger charge is -2.22. The predicted octanol–water partition coefficient (Wildman–Crippen LogP) is 2.74. The third-order valence-corrected chi connectivity index (χ3v) is 3.44. The van der Waals surface area contributed by atoms with Gasteiger partial charge in [0.1, 0.15) is 0 Å². The van der Waals surface area contributed by atoms with Gasteiger partial charge in [-0.25, -0.2) is 9.78 Å². The molecule has 1 aliphatic heterocycles. The normalized spacial score (nSPS) is 18.6. The van der Waals surface area contributed by atoms with Crippen molar-refractivity contribution < 1.29 is 14.3 Å². The van der Waals surface area contributed by atoms with Crippen molar-refractivity contribution in [3.63, 3.8) is 0 Å². The van der Waals surface area contributed by atoms with Crippen LogP contribution >= 0.6 is 0 Å². The van der Waals surface area contributed by atoms with Crippen LogP contribution in [0.3, 0.4) is 0 Å². The maximum absolute atomic E-state index is 11.3. The van der Waals surface area contributed by atoms with E-state index in [1.165, 1.54) is 0 Å². The summed E-state index contributed by atoms with van der Waals surface area (Å²) in [7, 11) is 0. The smallest absolute Gasteiger partial charge is 0.356 e. The number of rotatable bonds is 2. The molecule has 0 saturated heterocycles. The Morgan fingerprint density at radius 3 is 3.11 bits per heavy atom. The van der Waals surface area contributed by atoms with Crippen LogP contribution < -0.4 is 0 Å².